The average molecular weight is 554 g/mol. The molecule has 3 rings (SSSR count). The Balaban J connectivity index is 1.78. The quantitative estimate of drug-likeness (QED) is 0.224. The molecular formula is C29H35N3O6S. The lowest BCUT2D eigenvalue weighted by atomic mass is 10.2. The van der Waals surface area contributed by atoms with Crippen molar-refractivity contribution in [1.82, 2.24) is 5.43 Å². The number of sulfonamides is 1. The van der Waals surface area contributed by atoms with Crippen molar-refractivity contribution in [3.05, 3.63) is 77.9 Å². The number of aryl methyl sites for hydroxylation is 1. The minimum Gasteiger partial charge on any atom is -0.494 e. The molecule has 39 heavy (non-hydrogen) atoms. The molecule has 1 N–H and O–H groups in total. The molecule has 0 saturated carbocycles. The number of hydrogen-bond acceptors (Lipinski definition) is 7. The van der Waals surface area contributed by atoms with Crippen LogP contribution in [-0.2, 0) is 14.8 Å². The number of carbonyl (C=O) groups is 1. The van der Waals surface area contributed by atoms with Gasteiger partial charge in [-0.15, -0.1) is 0 Å². The van der Waals surface area contributed by atoms with E-state index in [0.29, 0.717) is 48.3 Å². The fourth-order valence-corrected chi connectivity index (χ4v) is 5.00. The number of anilines is 1. The Labute approximate surface area is 230 Å². The number of rotatable bonds is 14. The van der Waals surface area contributed by atoms with E-state index in [-0.39, 0.29) is 4.90 Å². The molecule has 208 valence electrons. The summed E-state index contributed by atoms with van der Waals surface area (Å²) in [6.45, 7) is 8.68. The maximum absolute atomic E-state index is 13.6. The SMILES string of the molecule is CCCOc1ccc(/C=N\NC(=O)CN(c2ccc(C)cc2)S(=O)(=O)c2ccc(OCC)cc2)cc1OCC. The van der Waals surface area contributed by atoms with E-state index in [1.165, 1.54) is 18.3 Å². The first-order chi connectivity index (χ1) is 18.8. The molecule has 1 amide bonds. The highest BCUT2D eigenvalue weighted by atomic mass is 32.2. The molecule has 0 fully saturated rings. The van der Waals surface area contributed by atoms with Gasteiger partial charge in [0.25, 0.3) is 15.9 Å². The van der Waals surface area contributed by atoms with Gasteiger partial charge in [-0.3, -0.25) is 9.10 Å². The van der Waals surface area contributed by atoms with Gasteiger partial charge in [0.15, 0.2) is 11.5 Å². The Bertz CT molecular complexity index is 1360. The van der Waals surface area contributed by atoms with Gasteiger partial charge in [-0.2, -0.15) is 5.10 Å². The molecule has 0 unspecified atom stereocenters. The maximum atomic E-state index is 13.6. The van der Waals surface area contributed by atoms with Gasteiger partial charge >= 0.3 is 0 Å². The number of ether oxygens (including phenoxy) is 3. The van der Waals surface area contributed by atoms with Gasteiger partial charge in [0, 0.05) is 0 Å². The maximum Gasteiger partial charge on any atom is 0.264 e. The molecule has 0 heterocycles. The van der Waals surface area contributed by atoms with Crippen molar-refractivity contribution >= 4 is 27.8 Å². The molecule has 0 aromatic heterocycles. The third-order valence-electron chi connectivity index (χ3n) is 5.46. The van der Waals surface area contributed by atoms with Crippen molar-refractivity contribution in [3.63, 3.8) is 0 Å². The smallest absolute Gasteiger partial charge is 0.264 e. The lowest BCUT2D eigenvalue weighted by molar-refractivity contribution is -0.119. The van der Waals surface area contributed by atoms with E-state index >= 15 is 0 Å². The van der Waals surface area contributed by atoms with Crippen molar-refractivity contribution in [2.75, 3.05) is 30.7 Å². The van der Waals surface area contributed by atoms with Gasteiger partial charge in [0.05, 0.1) is 36.6 Å². The first-order valence-electron chi connectivity index (χ1n) is 12.8. The van der Waals surface area contributed by atoms with E-state index in [9.17, 15) is 13.2 Å². The lowest BCUT2D eigenvalue weighted by Crippen LogP contribution is -2.39. The molecular weight excluding hydrogens is 518 g/mol. The van der Waals surface area contributed by atoms with Crippen LogP contribution in [0.4, 0.5) is 5.69 Å². The fourth-order valence-electron chi connectivity index (χ4n) is 3.58. The van der Waals surface area contributed by atoms with E-state index in [0.717, 1.165) is 16.3 Å². The first-order valence-corrected chi connectivity index (χ1v) is 14.3. The lowest BCUT2D eigenvalue weighted by Gasteiger charge is -2.24. The molecule has 0 saturated heterocycles. The number of carbonyl (C=O) groups excluding carboxylic acids is 1. The number of hydrazone groups is 1. The summed E-state index contributed by atoms with van der Waals surface area (Å²) in [5, 5.41) is 4.02. The highest BCUT2D eigenvalue weighted by Crippen LogP contribution is 2.28. The van der Waals surface area contributed by atoms with Crippen molar-refractivity contribution in [2.45, 2.75) is 39.0 Å². The topological polar surface area (TPSA) is 107 Å². The molecule has 0 aliphatic carbocycles. The van der Waals surface area contributed by atoms with Crippen molar-refractivity contribution in [2.24, 2.45) is 5.10 Å². The van der Waals surface area contributed by atoms with E-state index in [1.807, 2.05) is 27.7 Å². The van der Waals surface area contributed by atoms with Gasteiger partial charge in [-0.1, -0.05) is 24.6 Å². The van der Waals surface area contributed by atoms with E-state index in [2.05, 4.69) is 10.5 Å². The Morgan fingerprint density at radius 2 is 1.59 bits per heavy atom. The van der Waals surface area contributed by atoms with Crippen molar-refractivity contribution in [1.29, 1.82) is 0 Å². The van der Waals surface area contributed by atoms with Gasteiger partial charge < -0.3 is 14.2 Å². The van der Waals surface area contributed by atoms with Crippen LogP contribution in [0.25, 0.3) is 0 Å². The second kappa shape index (κ2) is 14.2. The fraction of sp³-hybridized carbons (Fsp3) is 0.310. The Morgan fingerprint density at radius 1 is 0.897 bits per heavy atom. The number of nitrogens with zero attached hydrogens (tertiary/aromatic N) is 2. The monoisotopic (exact) mass is 553 g/mol. The highest BCUT2D eigenvalue weighted by molar-refractivity contribution is 7.92. The molecule has 0 atom stereocenters. The van der Waals surface area contributed by atoms with Crippen LogP contribution >= 0.6 is 0 Å². The Morgan fingerprint density at radius 3 is 2.23 bits per heavy atom. The Kier molecular flexibility index (Phi) is 10.7. The predicted octanol–water partition coefficient (Wildman–Crippen LogP) is 4.93. The number of amides is 1. The van der Waals surface area contributed by atoms with Crippen LogP contribution in [-0.4, -0.2) is 46.9 Å². The predicted molar refractivity (Wildman–Crippen MR) is 152 cm³/mol. The molecule has 3 aromatic carbocycles. The summed E-state index contributed by atoms with van der Waals surface area (Å²) in [7, 11) is -4.06. The zero-order valence-electron chi connectivity index (χ0n) is 22.7. The summed E-state index contributed by atoms with van der Waals surface area (Å²) < 4.78 is 45.0. The number of nitrogens with one attached hydrogen (secondary N) is 1. The molecule has 9 nitrogen and oxygen atoms in total. The summed E-state index contributed by atoms with van der Waals surface area (Å²) >= 11 is 0. The molecule has 10 heteroatoms. The summed E-state index contributed by atoms with van der Waals surface area (Å²) in [6, 6.07) is 18.3. The summed E-state index contributed by atoms with van der Waals surface area (Å²) in [5.41, 5.74) is 4.43. The van der Waals surface area contributed by atoms with Crippen molar-refractivity contribution < 1.29 is 27.4 Å². The Hall–Kier alpha value is -4.05. The number of benzene rings is 3. The van der Waals surface area contributed by atoms with Gasteiger partial charge in [0.2, 0.25) is 0 Å². The third kappa shape index (κ3) is 8.22. The van der Waals surface area contributed by atoms with Crippen LogP contribution in [0.3, 0.4) is 0 Å². The molecule has 3 aromatic rings. The third-order valence-corrected chi connectivity index (χ3v) is 7.25. The highest BCUT2D eigenvalue weighted by Gasteiger charge is 2.27. The molecule has 0 aliphatic rings. The van der Waals surface area contributed by atoms with Gasteiger partial charge in [0.1, 0.15) is 12.3 Å². The molecule has 0 aliphatic heterocycles. The van der Waals surface area contributed by atoms with Crippen LogP contribution in [0.2, 0.25) is 0 Å². The zero-order valence-corrected chi connectivity index (χ0v) is 23.5. The molecule has 0 spiro atoms. The van der Waals surface area contributed by atoms with Crippen LogP contribution in [0.5, 0.6) is 17.2 Å². The average Bonchev–Trinajstić information content (AvgIpc) is 2.92. The van der Waals surface area contributed by atoms with E-state index in [1.54, 1.807) is 54.6 Å². The van der Waals surface area contributed by atoms with Crippen LogP contribution < -0.4 is 23.9 Å². The second-order valence-corrected chi connectivity index (χ2v) is 10.4. The van der Waals surface area contributed by atoms with Gasteiger partial charge in [-0.05, 0) is 87.4 Å². The largest absolute Gasteiger partial charge is 0.494 e. The second-order valence-electron chi connectivity index (χ2n) is 8.53. The zero-order chi connectivity index (χ0) is 28.3. The van der Waals surface area contributed by atoms with Crippen LogP contribution in [0, 0.1) is 6.92 Å². The number of hydrogen-bond donors (Lipinski definition) is 1. The standard InChI is InChI=1S/C29H35N3O6S/c1-5-18-38-27-17-10-23(19-28(27)37-7-3)20-30-31-29(33)21-32(24-11-8-22(4)9-12-24)39(34,35)26-15-13-25(14-16-26)36-6-2/h8-17,19-20H,5-7,18,21H2,1-4H3,(H,31,33)/b30-20-. The van der Waals surface area contributed by atoms with E-state index < -0.39 is 22.5 Å². The van der Waals surface area contributed by atoms with E-state index in [4.69, 9.17) is 14.2 Å². The first kappa shape index (κ1) is 29.5. The van der Waals surface area contributed by atoms with Crippen LogP contribution in [0.15, 0.2) is 76.7 Å². The minimum absolute atomic E-state index is 0.0386. The van der Waals surface area contributed by atoms with Gasteiger partial charge in [-0.25, -0.2) is 13.8 Å². The minimum atomic E-state index is -4.06. The summed E-state index contributed by atoms with van der Waals surface area (Å²) in [4.78, 5) is 12.9. The summed E-state index contributed by atoms with van der Waals surface area (Å²) in [6.07, 6.45) is 2.33. The molecule has 0 radical (unpaired) electrons. The van der Waals surface area contributed by atoms with Crippen molar-refractivity contribution in [3.8, 4) is 17.2 Å². The van der Waals surface area contributed by atoms with Crippen LogP contribution in [0.1, 0.15) is 38.3 Å². The summed E-state index contributed by atoms with van der Waals surface area (Å²) in [5.74, 6) is 1.17. The molecule has 0 bridgehead atoms. The normalized spacial score (nSPS) is 11.3.